The lowest BCUT2D eigenvalue weighted by atomic mass is 9.93. The van der Waals surface area contributed by atoms with Gasteiger partial charge in [0.2, 0.25) is 0 Å². The van der Waals surface area contributed by atoms with Crippen LogP contribution in [0.5, 0.6) is 0 Å². The molecule has 0 aliphatic heterocycles. The summed E-state index contributed by atoms with van der Waals surface area (Å²) in [6.07, 6.45) is 0. The molecule has 1 aromatic rings. The van der Waals surface area contributed by atoms with Crippen molar-refractivity contribution >= 4 is 0 Å². The van der Waals surface area contributed by atoms with Crippen molar-refractivity contribution in [2.45, 2.75) is 40.8 Å². The second-order valence-electron chi connectivity index (χ2n) is 5.63. The molecule has 0 radical (unpaired) electrons. The van der Waals surface area contributed by atoms with E-state index in [9.17, 15) is 0 Å². The summed E-state index contributed by atoms with van der Waals surface area (Å²) in [6.45, 7) is 12.1. The van der Waals surface area contributed by atoms with Gasteiger partial charge in [-0.25, -0.2) is 0 Å². The van der Waals surface area contributed by atoms with E-state index < -0.39 is 0 Å². The summed E-state index contributed by atoms with van der Waals surface area (Å²) in [6, 6.07) is 2.16. The van der Waals surface area contributed by atoms with Gasteiger partial charge in [0.25, 0.3) is 0 Å². The van der Waals surface area contributed by atoms with Gasteiger partial charge in [-0.1, -0.05) is 13.8 Å². The van der Waals surface area contributed by atoms with E-state index >= 15 is 0 Å². The van der Waals surface area contributed by atoms with Gasteiger partial charge in [0.1, 0.15) is 0 Å². The van der Waals surface area contributed by atoms with Gasteiger partial charge < -0.3 is 5.73 Å². The van der Waals surface area contributed by atoms with Crippen LogP contribution in [-0.4, -0.2) is 34.8 Å². The lowest BCUT2D eigenvalue weighted by Crippen LogP contribution is -2.36. The Morgan fingerprint density at radius 2 is 2.12 bits per heavy atom. The number of aromatic nitrogens is 2. The lowest BCUT2D eigenvalue weighted by Gasteiger charge is -2.29. The third-order valence-corrected chi connectivity index (χ3v) is 2.97. The first-order valence-electron chi connectivity index (χ1n) is 6.30. The van der Waals surface area contributed by atoms with Crippen LogP contribution in [0.4, 0.5) is 0 Å². The molecule has 0 spiro atoms. The van der Waals surface area contributed by atoms with Gasteiger partial charge in [0, 0.05) is 19.6 Å². The van der Waals surface area contributed by atoms with E-state index in [-0.39, 0.29) is 5.41 Å². The number of nitrogens with two attached hydrogens (primary N) is 1. The molecule has 0 aliphatic rings. The van der Waals surface area contributed by atoms with Crippen LogP contribution < -0.4 is 5.73 Å². The highest BCUT2D eigenvalue weighted by atomic mass is 15.3. The molecule has 0 aromatic carbocycles. The van der Waals surface area contributed by atoms with E-state index in [1.807, 2.05) is 6.92 Å². The zero-order valence-corrected chi connectivity index (χ0v) is 11.8. The third kappa shape index (κ3) is 4.13. The van der Waals surface area contributed by atoms with E-state index in [0.717, 1.165) is 25.3 Å². The van der Waals surface area contributed by atoms with Gasteiger partial charge in [0.05, 0.1) is 11.4 Å². The molecule has 98 valence electrons. The van der Waals surface area contributed by atoms with Crippen molar-refractivity contribution in [2.24, 2.45) is 11.1 Å². The summed E-state index contributed by atoms with van der Waals surface area (Å²) in [5, 5.41) is 4.46. The number of rotatable bonds is 6. The second kappa shape index (κ2) is 5.65. The van der Waals surface area contributed by atoms with E-state index in [1.165, 1.54) is 5.69 Å². The van der Waals surface area contributed by atoms with Crippen molar-refractivity contribution in [3.05, 3.63) is 17.5 Å². The first-order valence-corrected chi connectivity index (χ1v) is 6.30. The Kier molecular flexibility index (Phi) is 4.71. The van der Waals surface area contributed by atoms with Crippen molar-refractivity contribution in [1.82, 2.24) is 14.7 Å². The van der Waals surface area contributed by atoms with Gasteiger partial charge in [-0.15, -0.1) is 0 Å². The lowest BCUT2D eigenvalue weighted by molar-refractivity contribution is 0.205. The van der Waals surface area contributed by atoms with Crippen LogP contribution in [0.15, 0.2) is 6.07 Å². The minimum atomic E-state index is 0.168. The molecule has 2 N–H and O–H groups in total. The zero-order chi connectivity index (χ0) is 13.1. The van der Waals surface area contributed by atoms with Crippen molar-refractivity contribution in [1.29, 1.82) is 0 Å². The average Bonchev–Trinajstić information content (AvgIpc) is 2.57. The highest BCUT2D eigenvalue weighted by Crippen LogP contribution is 2.16. The molecule has 0 saturated heterocycles. The van der Waals surface area contributed by atoms with Crippen LogP contribution in [-0.2, 0) is 13.1 Å². The largest absolute Gasteiger partial charge is 0.330 e. The predicted octanol–water partition coefficient (Wildman–Crippen LogP) is 1.63. The molecule has 0 unspecified atom stereocenters. The number of hydrogen-bond donors (Lipinski definition) is 1. The summed E-state index contributed by atoms with van der Waals surface area (Å²) in [7, 11) is 2.14. The van der Waals surface area contributed by atoms with Gasteiger partial charge in [-0.3, -0.25) is 9.58 Å². The average molecular weight is 238 g/mol. The molecule has 1 rings (SSSR count). The van der Waals surface area contributed by atoms with Crippen molar-refractivity contribution in [3.63, 3.8) is 0 Å². The summed E-state index contributed by atoms with van der Waals surface area (Å²) >= 11 is 0. The number of nitrogens with zero attached hydrogens (tertiary/aromatic N) is 3. The maximum Gasteiger partial charge on any atom is 0.0597 e. The Morgan fingerprint density at radius 1 is 1.47 bits per heavy atom. The fourth-order valence-corrected chi connectivity index (χ4v) is 2.13. The minimum Gasteiger partial charge on any atom is -0.330 e. The third-order valence-electron chi connectivity index (χ3n) is 2.97. The molecule has 0 atom stereocenters. The van der Waals surface area contributed by atoms with Crippen molar-refractivity contribution < 1.29 is 0 Å². The topological polar surface area (TPSA) is 47.1 Å². The van der Waals surface area contributed by atoms with Crippen molar-refractivity contribution in [3.8, 4) is 0 Å². The van der Waals surface area contributed by atoms with Gasteiger partial charge in [-0.2, -0.15) is 5.10 Å². The maximum absolute atomic E-state index is 5.76. The highest BCUT2D eigenvalue weighted by Gasteiger charge is 2.18. The molecule has 1 aromatic heterocycles. The van der Waals surface area contributed by atoms with Gasteiger partial charge in [0.15, 0.2) is 0 Å². The number of hydrogen-bond acceptors (Lipinski definition) is 3. The molecular weight excluding hydrogens is 212 g/mol. The standard InChI is InChI=1S/C13H26N4/c1-6-17-12(7-11(2)15-17)8-16(5)10-13(3,4)9-14/h7H,6,8-10,14H2,1-5H3. The minimum absolute atomic E-state index is 0.168. The Labute approximate surface area is 105 Å². The molecule has 0 fully saturated rings. The first-order chi connectivity index (χ1) is 7.88. The normalized spacial score (nSPS) is 12.4. The maximum atomic E-state index is 5.76. The van der Waals surface area contributed by atoms with E-state index in [1.54, 1.807) is 0 Å². The molecule has 17 heavy (non-hydrogen) atoms. The van der Waals surface area contributed by atoms with Gasteiger partial charge >= 0.3 is 0 Å². The van der Waals surface area contributed by atoms with Crippen LogP contribution >= 0.6 is 0 Å². The number of aryl methyl sites for hydroxylation is 2. The van der Waals surface area contributed by atoms with E-state index in [2.05, 4.69) is 48.6 Å². The van der Waals surface area contributed by atoms with Gasteiger partial charge in [-0.05, 0) is 38.9 Å². The smallest absolute Gasteiger partial charge is 0.0597 e. The van der Waals surface area contributed by atoms with E-state index in [4.69, 9.17) is 5.73 Å². The van der Waals surface area contributed by atoms with Crippen molar-refractivity contribution in [2.75, 3.05) is 20.1 Å². The van der Waals surface area contributed by atoms with Crippen LogP contribution in [0.25, 0.3) is 0 Å². The quantitative estimate of drug-likeness (QED) is 0.819. The second-order valence-corrected chi connectivity index (χ2v) is 5.63. The Hall–Kier alpha value is -0.870. The predicted molar refractivity (Wildman–Crippen MR) is 71.8 cm³/mol. The van der Waals surface area contributed by atoms with Crippen LogP contribution in [0.1, 0.15) is 32.2 Å². The Balaban J connectivity index is 2.64. The summed E-state index contributed by atoms with van der Waals surface area (Å²) in [5.74, 6) is 0. The summed E-state index contributed by atoms with van der Waals surface area (Å²) in [5.41, 5.74) is 8.30. The van der Waals surface area contributed by atoms with Crippen LogP contribution in [0.3, 0.4) is 0 Å². The molecule has 1 heterocycles. The molecule has 4 heteroatoms. The zero-order valence-electron chi connectivity index (χ0n) is 11.8. The molecule has 0 aliphatic carbocycles. The monoisotopic (exact) mass is 238 g/mol. The molecule has 0 bridgehead atoms. The Morgan fingerprint density at radius 3 is 2.65 bits per heavy atom. The highest BCUT2D eigenvalue weighted by molar-refractivity contribution is 5.08. The SMILES string of the molecule is CCn1nc(C)cc1CN(C)CC(C)(C)CN. The molecule has 0 amide bonds. The fraction of sp³-hybridized carbons (Fsp3) is 0.769. The van der Waals surface area contributed by atoms with Crippen LogP contribution in [0.2, 0.25) is 0 Å². The first kappa shape index (κ1) is 14.2. The summed E-state index contributed by atoms with van der Waals surface area (Å²) < 4.78 is 2.07. The Bertz CT molecular complexity index is 354. The van der Waals surface area contributed by atoms with Crippen LogP contribution in [0, 0.1) is 12.3 Å². The molecular formula is C13H26N4. The fourth-order valence-electron chi connectivity index (χ4n) is 2.13. The molecule has 4 nitrogen and oxygen atoms in total. The molecule has 0 saturated carbocycles. The van der Waals surface area contributed by atoms with E-state index in [0.29, 0.717) is 6.54 Å². The summed E-state index contributed by atoms with van der Waals surface area (Å²) in [4.78, 5) is 2.31.